The Morgan fingerprint density at radius 1 is 1.35 bits per heavy atom. The van der Waals surface area contributed by atoms with Crippen molar-refractivity contribution in [1.82, 2.24) is 5.32 Å². The van der Waals surface area contributed by atoms with E-state index in [2.05, 4.69) is 27.3 Å². The van der Waals surface area contributed by atoms with Crippen molar-refractivity contribution in [3.05, 3.63) is 44.6 Å². The van der Waals surface area contributed by atoms with E-state index in [1.54, 1.807) is 18.4 Å². The summed E-state index contributed by atoms with van der Waals surface area (Å²) in [5.74, 6) is 1.78. The Morgan fingerprint density at radius 3 is 2.75 bits per heavy atom. The largest absolute Gasteiger partial charge is 0.496 e. The molecule has 1 heterocycles. The SMILES string of the molecule is CCOc1ccc(C(NC)c2sccc2OC)c(Br)c1. The van der Waals surface area contributed by atoms with E-state index in [9.17, 15) is 0 Å². The van der Waals surface area contributed by atoms with Crippen LogP contribution in [-0.2, 0) is 0 Å². The molecular formula is C15H18BrNO2S. The smallest absolute Gasteiger partial charge is 0.134 e. The van der Waals surface area contributed by atoms with E-state index in [-0.39, 0.29) is 6.04 Å². The van der Waals surface area contributed by atoms with E-state index < -0.39 is 0 Å². The van der Waals surface area contributed by atoms with Crippen LogP contribution in [0.4, 0.5) is 0 Å². The molecule has 5 heteroatoms. The quantitative estimate of drug-likeness (QED) is 0.840. The van der Waals surface area contributed by atoms with Gasteiger partial charge in [0.05, 0.1) is 24.6 Å². The van der Waals surface area contributed by atoms with E-state index in [0.717, 1.165) is 21.5 Å². The minimum Gasteiger partial charge on any atom is -0.496 e. The molecule has 108 valence electrons. The van der Waals surface area contributed by atoms with Gasteiger partial charge in [0.2, 0.25) is 0 Å². The Balaban J connectivity index is 2.37. The Kier molecular flexibility index (Phi) is 5.46. The summed E-state index contributed by atoms with van der Waals surface area (Å²) < 4.78 is 12.0. The first-order valence-electron chi connectivity index (χ1n) is 6.42. The van der Waals surface area contributed by atoms with Gasteiger partial charge in [0.25, 0.3) is 0 Å². The molecular weight excluding hydrogens is 338 g/mol. The zero-order chi connectivity index (χ0) is 14.5. The van der Waals surface area contributed by atoms with E-state index in [0.29, 0.717) is 6.61 Å². The molecule has 0 aliphatic heterocycles. The normalized spacial score (nSPS) is 12.2. The Bertz CT molecular complexity index is 571. The van der Waals surface area contributed by atoms with Crippen LogP contribution in [0.25, 0.3) is 0 Å². The number of thiophene rings is 1. The lowest BCUT2D eigenvalue weighted by Gasteiger charge is -2.19. The highest BCUT2D eigenvalue weighted by atomic mass is 79.9. The molecule has 1 aromatic heterocycles. The number of benzene rings is 1. The van der Waals surface area contributed by atoms with Crippen molar-refractivity contribution in [2.24, 2.45) is 0 Å². The second-order valence-electron chi connectivity index (χ2n) is 4.19. The number of nitrogens with one attached hydrogen (secondary N) is 1. The van der Waals surface area contributed by atoms with Crippen molar-refractivity contribution in [3.63, 3.8) is 0 Å². The third-order valence-electron chi connectivity index (χ3n) is 3.02. The molecule has 2 aromatic rings. The summed E-state index contributed by atoms with van der Waals surface area (Å²) in [5, 5.41) is 5.39. The van der Waals surface area contributed by atoms with Crippen LogP contribution in [-0.4, -0.2) is 20.8 Å². The molecule has 0 amide bonds. The van der Waals surface area contributed by atoms with Gasteiger partial charge in [-0.15, -0.1) is 11.3 Å². The number of ether oxygens (including phenoxy) is 2. The van der Waals surface area contributed by atoms with Crippen molar-refractivity contribution in [2.75, 3.05) is 20.8 Å². The van der Waals surface area contributed by atoms with Crippen LogP contribution in [0.1, 0.15) is 23.4 Å². The van der Waals surface area contributed by atoms with Crippen LogP contribution in [0.15, 0.2) is 34.1 Å². The van der Waals surface area contributed by atoms with Crippen LogP contribution < -0.4 is 14.8 Å². The maximum atomic E-state index is 5.52. The van der Waals surface area contributed by atoms with Gasteiger partial charge in [-0.25, -0.2) is 0 Å². The molecule has 1 N–H and O–H groups in total. The van der Waals surface area contributed by atoms with Crippen molar-refractivity contribution < 1.29 is 9.47 Å². The number of rotatable bonds is 6. The van der Waals surface area contributed by atoms with Gasteiger partial charge < -0.3 is 14.8 Å². The number of methoxy groups -OCH3 is 1. The van der Waals surface area contributed by atoms with Gasteiger partial charge in [0, 0.05) is 4.47 Å². The van der Waals surface area contributed by atoms with Crippen molar-refractivity contribution >= 4 is 27.3 Å². The van der Waals surface area contributed by atoms with Gasteiger partial charge in [-0.1, -0.05) is 22.0 Å². The zero-order valence-electron chi connectivity index (χ0n) is 11.8. The van der Waals surface area contributed by atoms with Gasteiger partial charge in [-0.3, -0.25) is 0 Å². The van der Waals surface area contributed by atoms with Crippen LogP contribution in [0.3, 0.4) is 0 Å². The lowest BCUT2D eigenvalue weighted by molar-refractivity contribution is 0.340. The summed E-state index contributed by atoms with van der Waals surface area (Å²) in [6.45, 7) is 2.65. The van der Waals surface area contributed by atoms with Gasteiger partial charge >= 0.3 is 0 Å². The summed E-state index contributed by atoms with van der Waals surface area (Å²) in [4.78, 5) is 1.17. The Morgan fingerprint density at radius 2 is 2.15 bits per heavy atom. The fourth-order valence-corrected chi connectivity index (χ4v) is 3.69. The zero-order valence-corrected chi connectivity index (χ0v) is 14.2. The highest BCUT2D eigenvalue weighted by Crippen LogP contribution is 2.38. The number of hydrogen-bond donors (Lipinski definition) is 1. The number of halogens is 1. The summed E-state index contributed by atoms with van der Waals surface area (Å²) in [6.07, 6.45) is 0. The second-order valence-corrected chi connectivity index (χ2v) is 5.99. The molecule has 0 fully saturated rings. The second kappa shape index (κ2) is 7.11. The van der Waals surface area contributed by atoms with Crippen LogP contribution in [0.2, 0.25) is 0 Å². The summed E-state index contributed by atoms with van der Waals surface area (Å²) >= 11 is 5.32. The fourth-order valence-electron chi connectivity index (χ4n) is 2.11. The monoisotopic (exact) mass is 355 g/mol. The van der Waals surface area contributed by atoms with Crippen LogP contribution in [0.5, 0.6) is 11.5 Å². The molecule has 1 atom stereocenters. The Hall–Kier alpha value is -1.04. The van der Waals surface area contributed by atoms with Gasteiger partial charge in [0.15, 0.2) is 0 Å². The molecule has 0 saturated heterocycles. The third-order valence-corrected chi connectivity index (χ3v) is 4.67. The van der Waals surface area contributed by atoms with Crippen molar-refractivity contribution in [3.8, 4) is 11.5 Å². The minimum atomic E-state index is 0.0926. The van der Waals surface area contributed by atoms with E-state index >= 15 is 0 Å². The summed E-state index contributed by atoms with van der Waals surface area (Å²) in [7, 11) is 3.65. The average molecular weight is 356 g/mol. The van der Waals surface area contributed by atoms with E-state index in [1.807, 2.05) is 37.6 Å². The van der Waals surface area contributed by atoms with Crippen molar-refractivity contribution in [2.45, 2.75) is 13.0 Å². The highest BCUT2D eigenvalue weighted by molar-refractivity contribution is 9.10. The van der Waals surface area contributed by atoms with Gasteiger partial charge in [-0.05, 0) is 43.1 Å². The molecule has 0 spiro atoms. The average Bonchev–Trinajstić information content (AvgIpc) is 2.90. The first-order chi connectivity index (χ1) is 9.71. The van der Waals surface area contributed by atoms with Crippen LogP contribution >= 0.6 is 27.3 Å². The summed E-state index contributed by atoms with van der Waals surface area (Å²) in [6, 6.07) is 8.16. The van der Waals surface area contributed by atoms with Gasteiger partial charge in [-0.2, -0.15) is 0 Å². The van der Waals surface area contributed by atoms with E-state index in [4.69, 9.17) is 9.47 Å². The Labute approximate surface area is 132 Å². The molecule has 0 aliphatic carbocycles. The molecule has 0 radical (unpaired) electrons. The highest BCUT2D eigenvalue weighted by Gasteiger charge is 2.20. The van der Waals surface area contributed by atoms with Crippen molar-refractivity contribution in [1.29, 1.82) is 0 Å². The topological polar surface area (TPSA) is 30.5 Å². The predicted octanol–water partition coefficient (Wildman–Crippen LogP) is 4.23. The molecule has 0 aliphatic rings. The first kappa shape index (κ1) is 15.4. The molecule has 1 unspecified atom stereocenters. The summed E-state index contributed by atoms with van der Waals surface area (Å²) in [5.41, 5.74) is 1.16. The van der Waals surface area contributed by atoms with Crippen LogP contribution in [0, 0.1) is 0 Å². The first-order valence-corrected chi connectivity index (χ1v) is 8.09. The molecule has 3 nitrogen and oxygen atoms in total. The maximum absolute atomic E-state index is 5.52. The molecule has 0 saturated carbocycles. The lowest BCUT2D eigenvalue weighted by atomic mass is 10.0. The standard InChI is InChI=1S/C15H18BrNO2S/c1-4-19-10-5-6-11(12(16)9-10)14(17-2)15-13(18-3)7-8-20-15/h5-9,14,17H,4H2,1-3H3. The van der Waals surface area contributed by atoms with Gasteiger partial charge in [0.1, 0.15) is 11.5 Å². The maximum Gasteiger partial charge on any atom is 0.134 e. The molecule has 0 bridgehead atoms. The minimum absolute atomic E-state index is 0.0926. The predicted molar refractivity (Wildman–Crippen MR) is 87.1 cm³/mol. The molecule has 20 heavy (non-hydrogen) atoms. The third kappa shape index (κ3) is 3.16. The molecule has 2 rings (SSSR count). The van der Waals surface area contributed by atoms with E-state index in [1.165, 1.54) is 4.88 Å². The fraction of sp³-hybridized carbons (Fsp3) is 0.333. The lowest BCUT2D eigenvalue weighted by Crippen LogP contribution is -2.17. The number of hydrogen-bond acceptors (Lipinski definition) is 4. The molecule has 1 aromatic carbocycles.